The number of halogens is 2. The highest BCUT2D eigenvalue weighted by molar-refractivity contribution is 7.92. The maximum absolute atomic E-state index is 13.1. The van der Waals surface area contributed by atoms with Gasteiger partial charge in [-0.25, -0.2) is 17.2 Å². The van der Waals surface area contributed by atoms with Gasteiger partial charge in [0.05, 0.1) is 10.6 Å². The number of rotatable bonds is 3. The van der Waals surface area contributed by atoms with Crippen LogP contribution < -0.4 is 4.72 Å². The first-order valence-corrected chi connectivity index (χ1v) is 7.33. The molecule has 2 aromatic carbocycles. The molecule has 0 bridgehead atoms. The third kappa shape index (κ3) is 2.96. The van der Waals surface area contributed by atoms with Crippen molar-refractivity contribution in [2.75, 3.05) is 4.72 Å². The molecule has 3 nitrogen and oxygen atoms in total. The smallest absolute Gasteiger partial charge is 0.261 e. The molecule has 0 atom stereocenters. The molecule has 0 aromatic heterocycles. The summed E-state index contributed by atoms with van der Waals surface area (Å²) in [6.45, 7) is 3.67. The summed E-state index contributed by atoms with van der Waals surface area (Å²) in [6.07, 6.45) is 0. The molecule has 0 fully saturated rings. The highest BCUT2D eigenvalue weighted by atomic mass is 32.2. The van der Waals surface area contributed by atoms with Gasteiger partial charge in [0, 0.05) is 6.07 Å². The molecule has 20 heavy (non-hydrogen) atoms. The zero-order chi connectivity index (χ0) is 14.9. The fraction of sp³-hybridized carbons (Fsp3) is 0.143. The van der Waals surface area contributed by atoms with Crippen LogP contribution in [0.25, 0.3) is 0 Å². The number of aryl methyl sites for hydroxylation is 2. The van der Waals surface area contributed by atoms with Gasteiger partial charge >= 0.3 is 0 Å². The van der Waals surface area contributed by atoms with Crippen LogP contribution in [-0.4, -0.2) is 8.42 Å². The lowest BCUT2D eigenvalue weighted by atomic mass is 10.1. The second kappa shape index (κ2) is 5.20. The van der Waals surface area contributed by atoms with Gasteiger partial charge in [0.25, 0.3) is 10.0 Å². The molecule has 2 rings (SSSR count). The summed E-state index contributed by atoms with van der Waals surface area (Å²) in [4.78, 5) is 0.0744. The Hall–Kier alpha value is -1.95. The van der Waals surface area contributed by atoms with E-state index in [1.165, 1.54) is 12.1 Å². The van der Waals surface area contributed by atoms with Crippen molar-refractivity contribution in [3.05, 3.63) is 59.2 Å². The maximum Gasteiger partial charge on any atom is 0.261 e. The van der Waals surface area contributed by atoms with E-state index >= 15 is 0 Å². The minimum Gasteiger partial charge on any atom is -0.280 e. The monoisotopic (exact) mass is 297 g/mol. The Labute approximate surface area is 116 Å². The fourth-order valence-corrected chi connectivity index (χ4v) is 2.79. The molecule has 0 unspecified atom stereocenters. The Morgan fingerprint density at radius 2 is 1.60 bits per heavy atom. The number of anilines is 1. The molecule has 0 aliphatic carbocycles. The van der Waals surface area contributed by atoms with Crippen LogP contribution >= 0.6 is 0 Å². The first-order valence-electron chi connectivity index (χ1n) is 5.85. The molecule has 0 aliphatic rings. The van der Waals surface area contributed by atoms with E-state index in [1.807, 2.05) is 6.92 Å². The first-order chi connectivity index (χ1) is 9.29. The average molecular weight is 297 g/mol. The summed E-state index contributed by atoms with van der Waals surface area (Å²) in [5.74, 6) is -2.13. The normalized spacial score (nSPS) is 11.4. The van der Waals surface area contributed by atoms with Crippen molar-refractivity contribution < 1.29 is 17.2 Å². The van der Waals surface area contributed by atoms with Gasteiger partial charge in [-0.05, 0) is 49.2 Å². The molecule has 0 radical (unpaired) electrons. The van der Waals surface area contributed by atoms with Crippen molar-refractivity contribution in [1.82, 2.24) is 0 Å². The van der Waals surface area contributed by atoms with E-state index in [4.69, 9.17) is 0 Å². The highest BCUT2D eigenvalue weighted by Gasteiger charge is 2.15. The highest BCUT2D eigenvalue weighted by Crippen LogP contribution is 2.20. The van der Waals surface area contributed by atoms with Crippen LogP contribution in [-0.2, 0) is 10.0 Å². The molecule has 106 valence electrons. The fourth-order valence-electron chi connectivity index (χ4n) is 1.65. The third-order valence-corrected chi connectivity index (χ3v) is 4.34. The van der Waals surface area contributed by atoms with Crippen LogP contribution in [0, 0.1) is 25.5 Å². The van der Waals surface area contributed by atoms with Crippen LogP contribution in [0.15, 0.2) is 41.3 Å². The molecule has 0 saturated heterocycles. The largest absolute Gasteiger partial charge is 0.280 e. The molecule has 2 aromatic rings. The Bertz CT molecular complexity index is 758. The Balaban J connectivity index is 2.35. The lowest BCUT2D eigenvalue weighted by molar-refractivity contribution is 0.509. The Morgan fingerprint density at radius 1 is 0.900 bits per heavy atom. The predicted octanol–water partition coefficient (Wildman–Crippen LogP) is 3.38. The molecule has 0 heterocycles. The first kappa shape index (κ1) is 14.5. The molecule has 0 amide bonds. The lowest BCUT2D eigenvalue weighted by Gasteiger charge is -2.10. The molecule has 0 saturated carbocycles. The number of hydrogen-bond acceptors (Lipinski definition) is 2. The van der Waals surface area contributed by atoms with E-state index in [1.54, 1.807) is 13.0 Å². The van der Waals surface area contributed by atoms with Crippen LogP contribution in [0.5, 0.6) is 0 Å². The summed E-state index contributed by atoms with van der Waals surface area (Å²) in [5, 5.41) is 0. The number of sulfonamides is 1. The van der Waals surface area contributed by atoms with Crippen LogP contribution in [0.4, 0.5) is 14.5 Å². The number of nitrogens with one attached hydrogen (secondary N) is 1. The standard InChI is InChI=1S/C14H13F2NO2S/c1-9-3-5-12(7-10(9)2)20(18,19)17-11-4-6-13(15)14(16)8-11/h3-8,17H,1-2H3. The van der Waals surface area contributed by atoms with Gasteiger partial charge < -0.3 is 0 Å². The third-order valence-electron chi connectivity index (χ3n) is 2.96. The van der Waals surface area contributed by atoms with Gasteiger partial charge in [0.15, 0.2) is 11.6 Å². The van der Waals surface area contributed by atoms with Crippen molar-refractivity contribution in [3.8, 4) is 0 Å². The Morgan fingerprint density at radius 3 is 2.20 bits per heavy atom. The summed E-state index contributed by atoms with van der Waals surface area (Å²) in [5.41, 5.74) is 1.78. The van der Waals surface area contributed by atoms with Gasteiger partial charge in [-0.15, -0.1) is 0 Å². The predicted molar refractivity (Wildman–Crippen MR) is 73.1 cm³/mol. The minimum atomic E-state index is -3.82. The molecule has 0 spiro atoms. The summed E-state index contributed by atoms with van der Waals surface area (Å²) in [6, 6.07) is 7.51. The van der Waals surface area contributed by atoms with E-state index in [0.29, 0.717) is 0 Å². The average Bonchev–Trinajstić information content (AvgIpc) is 2.37. The quantitative estimate of drug-likeness (QED) is 0.944. The van der Waals surface area contributed by atoms with Crippen LogP contribution in [0.1, 0.15) is 11.1 Å². The second-order valence-electron chi connectivity index (χ2n) is 4.48. The second-order valence-corrected chi connectivity index (χ2v) is 6.16. The van der Waals surface area contributed by atoms with Crippen LogP contribution in [0.2, 0.25) is 0 Å². The van der Waals surface area contributed by atoms with E-state index in [2.05, 4.69) is 4.72 Å². The van der Waals surface area contributed by atoms with Crippen molar-refractivity contribution in [3.63, 3.8) is 0 Å². The lowest BCUT2D eigenvalue weighted by Crippen LogP contribution is -2.13. The van der Waals surface area contributed by atoms with Crippen molar-refractivity contribution >= 4 is 15.7 Å². The Kier molecular flexibility index (Phi) is 3.76. The molecule has 0 aliphatic heterocycles. The molecule has 6 heteroatoms. The zero-order valence-electron chi connectivity index (χ0n) is 10.9. The van der Waals surface area contributed by atoms with Crippen molar-refractivity contribution in [2.45, 2.75) is 18.7 Å². The summed E-state index contributed by atoms with van der Waals surface area (Å²) >= 11 is 0. The maximum atomic E-state index is 13.1. The van der Waals surface area contributed by atoms with Gasteiger partial charge in [-0.2, -0.15) is 0 Å². The summed E-state index contributed by atoms with van der Waals surface area (Å²) in [7, 11) is -3.82. The van der Waals surface area contributed by atoms with E-state index in [9.17, 15) is 17.2 Å². The SMILES string of the molecule is Cc1ccc(S(=O)(=O)Nc2ccc(F)c(F)c2)cc1C. The number of benzene rings is 2. The van der Waals surface area contributed by atoms with E-state index in [-0.39, 0.29) is 10.6 Å². The van der Waals surface area contributed by atoms with Crippen molar-refractivity contribution in [1.29, 1.82) is 0 Å². The molecular weight excluding hydrogens is 284 g/mol. The van der Waals surface area contributed by atoms with Gasteiger partial charge in [0.2, 0.25) is 0 Å². The topological polar surface area (TPSA) is 46.2 Å². The zero-order valence-corrected chi connectivity index (χ0v) is 11.8. The molecule has 1 N–H and O–H groups in total. The van der Waals surface area contributed by atoms with E-state index in [0.717, 1.165) is 29.3 Å². The molecular formula is C14H13F2NO2S. The van der Waals surface area contributed by atoms with Crippen molar-refractivity contribution in [2.24, 2.45) is 0 Å². The van der Waals surface area contributed by atoms with Gasteiger partial charge in [-0.3, -0.25) is 4.72 Å². The minimum absolute atomic E-state index is 0.0258. The number of hydrogen-bond donors (Lipinski definition) is 1. The van der Waals surface area contributed by atoms with Crippen LogP contribution in [0.3, 0.4) is 0 Å². The van der Waals surface area contributed by atoms with Gasteiger partial charge in [-0.1, -0.05) is 6.07 Å². The summed E-state index contributed by atoms with van der Waals surface area (Å²) < 4.78 is 52.3. The van der Waals surface area contributed by atoms with Gasteiger partial charge in [0.1, 0.15) is 0 Å². The van der Waals surface area contributed by atoms with E-state index < -0.39 is 21.7 Å².